The number of fused-ring (bicyclic) bond motifs is 1. The molecule has 1 heterocycles. The van der Waals surface area contributed by atoms with E-state index in [0.29, 0.717) is 0 Å². The standard InChI is InChI=1S/C11H14NS.Ac/c1-9-4-5-11-10(8-9)12-6-2-3-7-13-11;/h4-5,8H,2-3,6-7H2,1H3;/q-1;. The van der Waals surface area contributed by atoms with Gasteiger partial charge in [0.05, 0.1) is 0 Å². The molecule has 0 atom stereocenters. The Morgan fingerprint density at radius 2 is 2.14 bits per heavy atom. The van der Waals surface area contributed by atoms with Gasteiger partial charge in [-0.1, -0.05) is 24.1 Å². The third-order valence-electron chi connectivity index (χ3n) is 2.21. The Balaban J connectivity index is 0.000000980. The summed E-state index contributed by atoms with van der Waals surface area (Å²) in [6.45, 7) is 3.12. The Labute approximate surface area is 126 Å². The van der Waals surface area contributed by atoms with Crippen LogP contribution in [-0.2, 0) is 0 Å². The molecule has 14 heavy (non-hydrogen) atoms. The van der Waals surface area contributed by atoms with Gasteiger partial charge in [-0.3, -0.25) is 0 Å². The van der Waals surface area contributed by atoms with Crippen LogP contribution in [0.15, 0.2) is 23.1 Å². The van der Waals surface area contributed by atoms with Crippen LogP contribution in [0.5, 0.6) is 0 Å². The predicted octanol–water partition coefficient (Wildman–Crippen LogP) is 3.89. The average molecular weight is 419 g/mol. The smallest absolute Gasteiger partial charge is 0 e. The van der Waals surface area contributed by atoms with Crippen molar-refractivity contribution < 1.29 is 44.1 Å². The van der Waals surface area contributed by atoms with Crippen molar-refractivity contribution in [1.82, 2.24) is 0 Å². The predicted molar refractivity (Wildman–Crippen MR) is 59.0 cm³/mol. The number of hydrogen-bond acceptors (Lipinski definition) is 1. The molecule has 0 spiro atoms. The number of nitrogens with zero attached hydrogens (tertiary/aromatic N) is 1. The molecule has 0 N–H and O–H groups in total. The summed E-state index contributed by atoms with van der Waals surface area (Å²) in [5.41, 5.74) is 2.51. The molecule has 73 valence electrons. The maximum Gasteiger partial charge on any atom is 0 e. The van der Waals surface area contributed by atoms with Gasteiger partial charge < -0.3 is 5.32 Å². The molecular weight excluding hydrogens is 405 g/mol. The van der Waals surface area contributed by atoms with Gasteiger partial charge in [-0.25, -0.2) is 0 Å². The first-order chi connectivity index (χ1) is 6.36. The molecule has 0 amide bonds. The SMILES string of the molecule is Cc1ccc2c(c1)[N-]CCCCS2.[Ac]. The molecule has 1 nitrogen and oxygen atoms in total. The van der Waals surface area contributed by atoms with Crippen molar-refractivity contribution >= 4 is 17.4 Å². The third-order valence-corrected chi connectivity index (χ3v) is 3.36. The maximum absolute atomic E-state index is 4.59. The summed E-state index contributed by atoms with van der Waals surface area (Å²) in [7, 11) is 0. The second kappa shape index (κ2) is 6.41. The molecular formula is C11H14AcNS-. The molecule has 1 radical (unpaired) electrons. The summed E-state index contributed by atoms with van der Waals surface area (Å²) in [6, 6.07) is 6.56. The first-order valence-electron chi connectivity index (χ1n) is 4.77. The van der Waals surface area contributed by atoms with Gasteiger partial charge in [0.25, 0.3) is 0 Å². The number of aryl methyl sites for hydroxylation is 1. The Morgan fingerprint density at radius 3 is 3.00 bits per heavy atom. The van der Waals surface area contributed by atoms with E-state index in [4.69, 9.17) is 0 Å². The molecule has 2 rings (SSSR count). The van der Waals surface area contributed by atoms with Gasteiger partial charge >= 0.3 is 0 Å². The summed E-state index contributed by atoms with van der Waals surface area (Å²) >= 11 is 1.94. The van der Waals surface area contributed by atoms with E-state index < -0.39 is 0 Å². The van der Waals surface area contributed by atoms with E-state index in [9.17, 15) is 0 Å². The van der Waals surface area contributed by atoms with Gasteiger partial charge in [0.15, 0.2) is 0 Å². The molecule has 0 fully saturated rings. The van der Waals surface area contributed by atoms with E-state index in [0.717, 1.165) is 6.54 Å². The van der Waals surface area contributed by atoms with Gasteiger partial charge in [0, 0.05) is 44.1 Å². The minimum Gasteiger partial charge on any atom is -0.683 e. The van der Waals surface area contributed by atoms with Crippen molar-refractivity contribution in [2.24, 2.45) is 0 Å². The Kier molecular flexibility index (Phi) is 5.89. The molecule has 1 aromatic rings. The first kappa shape index (κ1) is 12.9. The van der Waals surface area contributed by atoms with E-state index in [1.165, 1.54) is 34.7 Å². The molecule has 0 bridgehead atoms. The zero-order valence-corrected chi connectivity index (χ0v) is 14.1. The zero-order valence-electron chi connectivity index (χ0n) is 8.49. The van der Waals surface area contributed by atoms with Crippen LogP contribution in [0.3, 0.4) is 0 Å². The van der Waals surface area contributed by atoms with Crippen LogP contribution in [0.2, 0.25) is 0 Å². The van der Waals surface area contributed by atoms with Crippen molar-refractivity contribution in [3.05, 3.63) is 29.1 Å². The summed E-state index contributed by atoms with van der Waals surface area (Å²) in [4.78, 5) is 1.35. The summed E-state index contributed by atoms with van der Waals surface area (Å²) in [5.74, 6) is 1.24. The Bertz CT molecular complexity index is 301. The number of hydrogen-bond donors (Lipinski definition) is 0. The minimum absolute atomic E-state index is 0. The molecule has 3 heteroatoms. The largest absolute Gasteiger partial charge is 0.683 e. The van der Waals surface area contributed by atoms with Crippen molar-refractivity contribution in [2.75, 3.05) is 12.3 Å². The van der Waals surface area contributed by atoms with Crippen LogP contribution >= 0.6 is 11.8 Å². The van der Waals surface area contributed by atoms with Crippen LogP contribution in [-0.4, -0.2) is 12.3 Å². The number of thioether (sulfide) groups is 1. The van der Waals surface area contributed by atoms with Crippen molar-refractivity contribution in [3.8, 4) is 0 Å². The second-order valence-corrected chi connectivity index (χ2v) is 4.55. The van der Waals surface area contributed by atoms with E-state index in [-0.39, 0.29) is 44.1 Å². The monoisotopic (exact) mass is 419 g/mol. The van der Waals surface area contributed by atoms with Gasteiger partial charge in [0.1, 0.15) is 0 Å². The summed E-state index contributed by atoms with van der Waals surface area (Å²) in [6.07, 6.45) is 2.53. The van der Waals surface area contributed by atoms with Crippen LogP contribution in [0, 0.1) is 51.0 Å². The minimum atomic E-state index is 0. The van der Waals surface area contributed by atoms with Crippen molar-refractivity contribution in [2.45, 2.75) is 24.7 Å². The quantitative estimate of drug-likeness (QED) is 0.623. The molecule has 0 saturated heterocycles. The molecule has 1 aliphatic heterocycles. The molecule has 1 aromatic carbocycles. The van der Waals surface area contributed by atoms with E-state index in [2.05, 4.69) is 30.4 Å². The van der Waals surface area contributed by atoms with Gasteiger partial charge in [-0.05, 0) is 30.1 Å². The van der Waals surface area contributed by atoms with E-state index in [1.807, 2.05) is 11.8 Å². The first-order valence-corrected chi connectivity index (χ1v) is 5.76. The number of benzene rings is 1. The van der Waals surface area contributed by atoms with Crippen LogP contribution in [0.25, 0.3) is 5.32 Å². The number of rotatable bonds is 0. The Morgan fingerprint density at radius 1 is 1.29 bits per heavy atom. The van der Waals surface area contributed by atoms with Crippen molar-refractivity contribution in [3.63, 3.8) is 0 Å². The molecule has 0 aromatic heterocycles. The fourth-order valence-corrected chi connectivity index (χ4v) is 2.47. The van der Waals surface area contributed by atoms with Crippen LogP contribution in [0.4, 0.5) is 5.69 Å². The molecule has 0 aliphatic carbocycles. The normalized spacial score (nSPS) is 15.5. The van der Waals surface area contributed by atoms with Gasteiger partial charge in [-0.15, -0.1) is 24.0 Å². The fraction of sp³-hybridized carbons (Fsp3) is 0.455. The average Bonchev–Trinajstić information content (AvgIpc) is 2.08. The van der Waals surface area contributed by atoms with Crippen LogP contribution in [0.1, 0.15) is 18.4 Å². The zero-order chi connectivity index (χ0) is 9.10. The summed E-state index contributed by atoms with van der Waals surface area (Å²) in [5, 5.41) is 4.59. The third kappa shape index (κ3) is 3.43. The molecule has 0 saturated carbocycles. The maximum atomic E-state index is 4.59. The van der Waals surface area contributed by atoms with Gasteiger partial charge in [0.2, 0.25) is 0 Å². The topological polar surface area (TPSA) is 14.1 Å². The van der Waals surface area contributed by atoms with Crippen LogP contribution < -0.4 is 0 Å². The second-order valence-electron chi connectivity index (χ2n) is 3.41. The fourth-order valence-electron chi connectivity index (χ4n) is 1.47. The van der Waals surface area contributed by atoms with E-state index >= 15 is 0 Å². The summed E-state index contributed by atoms with van der Waals surface area (Å²) < 4.78 is 0. The van der Waals surface area contributed by atoms with E-state index in [1.54, 1.807) is 0 Å². The molecule has 0 unspecified atom stereocenters. The molecule has 1 aliphatic rings. The van der Waals surface area contributed by atoms with Gasteiger partial charge in [-0.2, -0.15) is 0 Å². The van der Waals surface area contributed by atoms with Crippen molar-refractivity contribution in [1.29, 1.82) is 0 Å². The Hall–Kier alpha value is 0.812.